The monoisotopic (exact) mass is 419 g/mol. The number of hydrogen-bond acceptors (Lipinski definition) is 5. The van der Waals surface area contributed by atoms with E-state index < -0.39 is 11.8 Å². The Kier molecular flexibility index (Phi) is 6.23. The lowest BCUT2D eigenvalue weighted by atomic mass is 10.2. The minimum Gasteiger partial charge on any atom is -0.484 e. The molecule has 0 radical (unpaired) electrons. The highest BCUT2D eigenvalue weighted by molar-refractivity contribution is 7.80. The van der Waals surface area contributed by atoms with Crippen LogP contribution < -0.4 is 20.9 Å². The van der Waals surface area contributed by atoms with Crippen LogP contribution in [0.3, 0.4) is 0 Å². The molecule has 3 aromatic rings. The molecule has 0 aliphatic carbocycles. The molecule has 27 heavy (non-hydrogen) atoms. The quantitative estimate of drug-likeness (QED) is 0.447. The average Bonchev–Trinajstić information content (AvgIpc) is 3.03. The molecular weight excluding hydrogens is 406 g/mol. The van der Waals surface area contributed by atoms with Crippen molar-refractivity contribution >= 4 is 62.2 Å². The molecule has 3 N–H and O–H groups in total. The molecule has 0 aliphatic heterocycles. The van der Waals surface area contributed by atoms with Crippen molar-refractivity contribution in [2.45, 2.75) is 0 Å². The third-order valence-corrected chi connectivity index (χ3v) is 5.28. The van der Waals surface area contributed by atoms with Crippen molar-refractivity contribution in [3.63, 3.8) is 0 Å². The SMILES string of the molecule is O=C(COc1ccccc1)NNC(=S)NC(=O)c1sc2ccccc2c1Cl. The average molecular weight is 420 g/mol. The molecule has 6 nitrogen and oxygen atoms in total. The van der Waals surface area contributed by atoms with Crippen molar-refractivity contribution in [2.24, 2.45) is 0 Å². The van der Waals surface area contributed by atoms with Crippen LogP contribution >= 0.6 is 35.2 Å². The van der Waals surface area contributed by atoms with Gasteiger partial charge in [-0.1, -0.05) is 48.0 Å². The number of thiocarbonyl (C=S) groups is 1. The highest BCUT2D eigenvalue weighted by Gasteiger charge is 2.17. The predicted molar refractivity (Wildman–Crippen MR) is 110 cm³/mol. The van der Waals surface area contributed by atoms with E-state index in [-0.39, 0.29) is 11.7 Å². The summed E-state index contributed by atoms with van der Waals surface area (Å²) in [6.45, 7) is -0.199. The van der Waals surface area contributed by atoms with E-state index in [1.165, 1.54) is 11.3 Å². The Bertz CT molecular complexity index is 992. The van der Waals surface area contributed by atoms with Gasteiger partial charge in [0.1, 0.15) is 10.6 Å². The normalized spacial score (nSPS) is 10.3. The summed E-state index contributed by atoms with van der Waals surface area (Å²) >= 11 is 12.5. The van der Waals surface area contributed by atoms with Gasteiger partial charge in [0, 0.05) is 10.1 Å². The number of nitrogens with one attached hydrogen (secondary N) is 3. The van der Waals surface area contributed by atoms with E-state index in [0.29, 0.717) is 15.6 Å². The van der Waals surface area contributed by atoms with Crippen LogP contribution in [0.15, 0.2) is 54.6 Å². The minimum absolute atomic E-state index is 0.0541. The Morgan fingerprint density at radius 1 is 1.04 bits per heavy atom. The lowest BCUT2D eigenvalue weighted by Crippen LogP contribution is -2.49. The Balaban J connectivity index is 1.49. The minimum atomic E-state index is -0.450. The zero-order chi connectivity index (χ0) is 19.2. The molecular formula is C18H14ClN3O3S2. The van der Waals surface area contributed by atoms with E-state index >= 15 is 0 Å². The van der Waals surface area contributed by atoms with E-state index in [2.05, 4.69) is 16.2 Å². The van der Waals surface area contributed by atoms with E-state index in [9.17, 15) is 9.59 Å². The molecule has 0 saturated carbocycles. The van der Waals surface area contributed by atoms with Gasteiger partial charge in [0.15, 0.2) is 11.7 Å². The van der Waals surface area contributed by atoms with Gasteiger partial charge in [0.2, 0.25) is 0 Å². The van der Waals surface area contributed by atoms with Crippen LogP contribution in [0, 0.1) is 0 Å². The summed E-state index contributed by atoms with van der Waals surface area (Å²) in [6.07, 6.45) is 0. The Labute approximate surface area is 169 Å². The standard InChI is InChI=1S/C18H14ClN3O3S2/c19-15-12-8-4-5-9-13(12)27-16(15)17(24)20-18(26)22-21-14(23)10-25-11-6-2-1-3-7-11/h1-9H,10H2,(H,21,23)(H2,20,22,24,26). The number of fused-ring (bicyclic) bond motifs is 1. The molecule has 0 unspecified atom stereocenters. The maximum Gasteiger partial charge on any atom is 0.276 e. The van der Waals surface area contributed by atoms with Gasteiger partial charge >= 0.3 is 0 Å². The zero-order valence-corrected chi connectivity index (χ0v) is 16.2. The van der Waals surface area contributed by atoms with Crippen LogP contribution in [-0.4, -0.2) is 23.5 Å². The Hall–Kier alpha value is -2.68. The van der Waals surface area contributed by atoms with Crippen LogP contribution in [0.2, 0.25) is 5.02 Å². The van der Waals surface area contributed by atoms with Crippen molar-refractivity contribution < 1.29 is 14.3 Å². The van der Waals surface area contributed by atoms with Gasteiger partial charge in [-0.15, -0.1) is 11.3 Å². The molecule has 0 saturated heterocycles. The first-order valence-corrected chi connectivity index (χ1v) is 9.40. The van der Waals surface area contributed by atoms with Crippen LogP contribution in [0.1, 0.15) is 9.67 Å². The molecule has 2 amide bonds. The van der Waals surface area contributed by atoms with E-state index in [4.69, 9.17) is 28.6 Å². The van der Waals surface area contributed by atoms with Gasteiger partial charge in [-0.25, -0.2) is 0 Å². The zero-order valence-electron chi connectivity index (χ0n) is 13.8. The predicted octanol–water partition coefficient (Wildman–Crippen LogP) is 3.27. The number of benzene rings is 2. The summed E-state index contributed by atoms with van der Waals surface area (Å²) in [5, 5.41) is 3.60. The van der Waals surface area contributed by atoms with Gasteiger partial charge in [-0.05, 0) is 30.4 Å². The van der Waals surface area contributed by atoms with Crippen molar-refractivity contribution in [2.75, 3.05) is 6.61 Å². The number of hydrogen-bond donors (Lipinski definition) is 3. The molecule has 1 heterocycles. The largest absolute Gasteiger partial charge is 0.484 e. The lowest BCUT2D eigenvalue weighted by molar-refractivity contribution is -0.123. The molecule has 138 valence electrons. The molecule has 0 bridgehead atoms. The van der Waals surface area contributed by atoms with Gasteiger partial charge < -0.3 is 4.74 Å². The van der Waals surface area contributed by atoms with Gasteiger partial charge in [0.25, 0.3) is 11.8 Å². The van der Waals surface area contributed by atoms with Crippen LogP contribution in [0.5, 0.6) is 5.75 Å². The first-order chi connectivity index (χ1) is 13.0. The highest BCUT2D eigenvalue weighted by Crippen LogP contribution is 2.34. The fraction of sp³-hybridized carbons (Fsp3) is 0.0556. The molecule has 1 aromatic heterocycles. The molecule has 3 rings (SSSR count). The second kappa shape index (κ2) is 8.81. The molecule has 0 spiro atoms. The van der Waals surface area contributed by atoms with Crippen molar-refractivity contribution in [1.29, 1.82) is 0 Å². The Morgan fingerprint density at radius 2 is 1.74 bits per heavy atom. The summed E-state index contributed by atoms with van der Waals surface area (Å²) in [5.74, 6) is -0.327. The summed E-state index contributed by atoms with van der Waals surface area (Å²) in [4.78, 5) is 24.5. The molecule has 9 heteroatoms. The van der Waals surface area contributed by atoms with Crippen molar-refractivity contribution in [3.8, 4) is 5.75 Å². The Morgan fingerprint density at radius 3 is 2.48 bits per heavy atom. The van der Waals surface area contributed by atoms with Crippen LogP contribution in [0.25, 0.3) is 10.1 Å². The first-order valence-electron chi connectivity index (χ1n) is 7.79. The van der Waals surface area contributed by atoms with Crippen molar-refractivity contribution in [3.05, 3.63) is 64.5 Å². The van der Waals surface area contributed by atoms with Gasteiger partial charge in [-0.3, -0.25) is 25.8 Å². The summed E-state index contributed by atoms with van der Waals surface area (Å²) in [6, 6.07) is 16.4. The summed E-state index contributed by atoms with van der Waals surface area (Å²) < 4.78 is 6.20. The third-order valence-electron chi connectivity index (χ3n) is 3.40. The second-order valence-electron chi connectivity index (χ2n) is 5.30. The number of hydrazine groups is 1. The molecule has 0 atom stereocenters. The highest BCUT2D eigenvalue weighted by atomic mass is 35.5. The fourth-order valence-corrected chi connectivity index (χ4v) is 3.74. The number of amides is 2. The summed E-state index contributed by atoms with van der Waals surface area (Å²) in [7, 11) is 0. The van der Waals surface area contributed by atoms with E-state index in [0.717, 1.165) is 10.1 Å². The number of halogens is 1. The van der Waals surface area contributed by atoms with E-state index in [1.807, 2.05) is 30.3 Å². The number of para-hydroxylation sites is 1. The number of rotatable bonds is 4. The van der Waals surface area contributed by atoms with Gasteiger partial charge in [-0.2, -0.15) is 0 Å². The van der Waals surface area contributed by atoms with Gasteiger partial charge in [0.05, 0.1) is 5.02 Å². The maximum atomic E-state index is 12.4. The number of carbonyl (C=O) groups is 2. The molecule has 0 aliphatic rings. The lowest BCUT2D eigenvalue weighted by Gasteiger charge is -2.11. The number of ether oxygens (including phenoxy) is 1. The molecule has 2 aromatic carbocycles. The smallest absolute Gasteiger partial charge is 0.276 e. The van der Waals surface area contributed by atoms with Crippen molar-refractivity contribution in [1.82, 2.24) is 16.2 Å². The van der Waals surface area contributed by atoms with Crippen LogP contribution in [-0.2, 0) is 4.79 Å². The third kappa shape index (κ3) is 4.94. The first kappa shape index (κ1) is 19.1. The maximum absolute atomic E-state index is 12.4. The number of thiophene rings is 1. The molecule has 0 fully saturated rings. The topological polar surface area (TPSA) is 79.5 Å². The van der Waals surface area contributed by atoms with Crippen LogP contribution in [0.4, 0.5) is 0 Å². The summed E-state index contributed by atoms with van der Waals surface area (Å²) in [5.41, 5.74) is 4.81. The van der Waals surface area contributed by atoms with E-state index in [1.54, 1.807) is 24.3 Å². The number of carbonyl (C=O) groups excluding carboxylic acids is 2. The second-order valence-corrected chi connectivity index (χ2v) is 7.14. The fourth-order valence-electron chi connectivity index (χ4n) is 2.18.